The molecule has 0 aromatic heterocycles. The topological polar surface area (TPSA) is 167 Å². The van der Waals surface area contributed by atoms with Crippen LogP contribution >= 0.6 is 0 Å². The Kier molecular flexibility index (Phi) is 10.9. The van der Waals surface area contributed by atoms with Gasteiger partial charge in [-0.2, -0.15) is 0 Å². The molecule has 0 aromatic carbocycles. The summed E-state index contributed by atoms with van der Waals surface area (Å²) < 4.78 is 21.9. The van der Waals surface area contributed by atoms with Crippen molar-refractivity contribution in [2.24, 2.45) is 5.41 Å². The molecule has 34 heavy (non-hydrogen) atoms. The summed E-state index contributed by atoms with van der Waals surface area (Å²) in [6.45, 7) is 10.0. The Morgan fingerprint density at radius 3 is 1.91 bits per heavy atom. The number of carbonyl (C=O) groups excluding carboxylic acids is 4. The highest BCUT2D eigenvalue weighted by Crippen LogP contribution is 2.29. The number of esters is 3. The second kappa shape index (κ2) is 12.7. The van der Waals surface area contributed by atoms with Crippen molar-refractivity contribution in [2.45, 2.75) is 91.4 Å². The van der Waals surface area contributed by atoms with E-state index < -0.39 is 71.7 Å². The number of amides is 1. The zero-order valence-corrected chi connectivity index (χ0v) is 20.7. The smallest absolute Gasteiger partial charge is 0.321 e. The number of rotatable bonds is 10. The lowest BCUT2D eigenvalue weighted by Gasteiger charge is -2.45. The summed E-state index contributed by atoms with van der Waals surface area (Å²) in [7, 11) is 0. The molecule has 1 amide bonds. The maximum atomic E-state index is 11.9. The normalized spacial score (nSPS) is 25.6. The van der Waals surface area contributed by atoms with Gasteiger partial charge in [0.05, 0.1) is 12.1 Å². The average molecular weight is 489 g/mol. The van der Waals surface area contributed by atoms with E-state index in [2.05, 4.69) is 10.6 Å². The van der Waals surface area contributed by atoms with E-state index in [4.69, 9.17) is 18.9 Å². The van der Waals surface area contributed by atoms with Crippen molar-refractivity contribution in [2.75, 3.05) is 13.2 Å². The highest BCUT2D eigenvalue weighted by Gasteiger charge is 2.50. The molecule has 12 heteroatoms. The Morgan fingerprint density at radius 2 is 1.47 bits per heavy atom. The van der Waals surface area contributed by atoms with E-state index in [0.717, 1.165) is 6.92 Å². The third-order valence-corrected chi connectivity index (χ3v) is 5.11. The van der Waals surface area contributed by atoms with Crippen molar-refractivity contribution in [1.29, 1.82) is 0 Å². The zero-order valence-electron chi connectivity index (χ0n) is 20.7. The van der Waals surface area contributed by atoms with Crippen molar-refractivity contribution in [3.8, 4) is 0 Å². The third-order valence-electron chi connectivity index (χ3n) is 5.11. The lowest BCUT2D eigenvalue weighted by molar-refractivity contribution is -0.224. The second-order valence-electron chi connectivity index (χ2n) is 9.27. The standard InChI is InChI=1S/C22H36N2O10/c1-11(25)24-17-15(8-9-23-20(21(29)30)22(5,6)7)34-16(10-31-12(2)26)18(32-13(3)27)19(17)33-14(4)28/h15-20,23H,8-10H2,1-7H3,(H,24,25)(H,29,30)/t15-,16-,17+,18+,19-,20?/m1/s1. The summed E-state index contributed by atoms with van der Waals surface area (Å²) in [4.78, 5) is 58.6. The van der Waals surface area contributed by atoms with E-state index in [-0.39, 0.29) is 19.6 Å². The summed E-state index contributed by atoms with van der Waals surface area (Å²) in [6.07, 6.45) is -3.88. The molecule has 1 aliphatic heterocycles. The van der Waals surface area contributed by atoms with Crippen LogP contribution in [0.4, 0.5) is 0 Å². The number of nitrogens with one attached hydrogen (secondary N) is 2. The predicted molar refractivity (Wildman–Crippen MR) is 118 cm³/mol. The van der Waals surface area contributed by atoms with Crippen LogP contribution in [0, 0.1) is 5.41 Å². The number of hydrogen-bond acceptors (Lipinski definition) is 10. The van der Waals surface area contributed by atoms with Crippen LogP contribution in [0.3, 0.4) is 0 Å². The van der Waals surface area contributed by atoms with Crippen molar-refractivity contribution < 1.29 is 48.0 Å². The van der Waals surface area contributed by atoms with Gasteiger partial charge in [-0.05, 0) is 18.4 Å². The van der Waals surface area contributed by atoms with Crippen molar-refractivity contribution in [3.05, 3.63) is 0 Å². The molecule has 1 heterocycles. The predicted octanol–water partition coefficient (Wildman–Crippen LogP) is 0.164. The SMILES string of the molecule is CC(=O)N[C@@H]1[C@@H](OC(C)=O)[C@@H](OC(C)=O)[C@@H](COC(C)=O)O[C@@H]1CCNC(C(=O)O)C(C)(C)C. The Morgan fingerprint density at radius 1 is 0.912 bits per heavy atom. The number of aliphatic carboxylic acids is 1. The van der Waals surface area contributed by atoms with Crippen LogP contribution in [-0.4, -0.2) is 84.5 Å². The summed E-state index contributed by atoms with van der Waals surface area (Å²) >= 11 is 0. The van der Waals surface area contributed by atoms with Gasteiger partial charge in [0.25, 0.3) is 0 Å². The van der Waals surface area contributed by atoms with E-state index in [1.165, 1.54) is 20.8 Å². The molecule has 1 unspecified atom stereocenters. The minimum absolute atomic E-state index is 0.181. The van der Waals surface area contributed by atoms with Gasteiger partial charge in [0, 0.05) is 27.7 Å². The molecule has 1 aliphatic rings. The minimum atomic E-state index is -1.16. The first-order chi connectivity index (χ1) is 15.6. The Balaban J connectivity index is 3.24. The molecule has 1 saturated heterocycles. The maximum Gasteiger partial charge on any atom is 0.321 e. The molecule has 6 atom stereocenters. The fraction of sp³-hybridized carbons (Fsp3) is 0.773. The zero-order chi connectivity index (χ0) is 26.2. The second-order valence-corrected chi connectivity index (χ2v) is 9.27. The van der Waals surface area contributed by atoms with E-state index in [9.17, 15) is 29.1 Å². The van der Waals surface area contributed by atoms with Crippen LogP contribution in [-0.2, 0) is 42.9 Å². The first kappa shape index (κ1) is 29.3. The average Bonchev–Trinajstić information content (AvgIpc) is 2.65. The molecular weight excluding hydrogens is 452 g/mol. The van der Waals surface area contributed by atoms with Crippen LogP contribution in [0.2, 0.25) is 0 Å². The lowest BCUT2D eigenvalue weighted by atomic mass is 9.86. The molecular formula is C22H36N2O10. The van der Waals surface area contributed by atoms with Crippen molar-refractivity contribution in [3.63, 3.8) is 0 Å². The number of hydrogen-bond donors (Lipinski definition) is 3. The highest BCUT2D eigenvalue weighted by atomic mass is 16.6. The third kappa shape index (κ3) is 9.26. The van der Waals surface area contributed by atoms with Crippen LogP contribution in [0.1, 0.15) is 54.9 Å². The summed E-state index contributed by atoms with van der Waals surface area (Å²) in [6, 6.07) is -1.77. The van der Waals surface area contributed by atoms with Crippen LogP contribution in [0.15, 0.2) is 0 Å². The molecule has 12 nitrogen and oxygen atoms in total. The quantitative estimate of drug-likeness (QED) is 0.283. The van der Waals surface area contributed by atoms with Crippen LogP contribution in [0.25, 0.3) is 0 Å². The van der Waals surface area contributed by atoms with E-state index in [1.54, 1.807) is 20.8 Å². The molecule has 0 radical (unpaired) electrons. The van der Waals surface area contributed by atoms with E-state index in [0.29, 0.717) is 0 Å². The van der Waals surface area contributed by atoms with Crippen molar-refractivity contribution >= 4 is 29.8 Å². The fourth-order valence-electron chi connectivity index (χ4n) is 3.81. The van der Waals surface area contributed by atoms with Gasteiger partial charge in [-0.3, -0.25) is 24.0 Å². The Bertz CT molecular complexity index is 763. The molecule has 0 saturated carbocycles. The Hall–Kier alpha value is -2.73. The first-order valence-corrected chi connectivity index (χ1v) is 11.0. The molecule has 3 N–H and O–H groups in total. The van der Waals surface area contributed by atoms with Gasteiger partial charge in [0.2, 0.25) is 5.91 Å². The van der Waals surface area contributed by atoms with Crippen LogP contribution < -0.4 is 10.6 Å². The molecule has 194 valence electrons. The molecule has 0 bridgehead atoms. The van der Waals surface area contributed by atoms with Gasteiger partial charge in [0.15, 0.2) is 12.2 Å². The lowest BCUT2D eigenvalue weighted by Crippen LogP contribution is -2.66. The van der Waals surface area contributed by atoms with Gasteiger partial charge in [-0.15, -0.1) is 0 Å². The van der Waals surface area contributed by atoms with E-state index >= 15 is 0 Å². The fourth-order valence-corrected chi connectivity index (χ4v) is 3.81. The largest absolute Gasteiger partial charge is 0.480 e. The van der Waals surface area contributed by atoms with Gasteiger partial charge in [-0.1, -0.05) is 20.8 Å². The molecule has 0 spiro atoms. The van der Waals surface area contributed by atoms with Crippen molar-refractivity contribution in [1.82, 2.24) is 10.6 Å². The number of carbonyl (C=O) groups is 5. The maximum absolute atomic E-state index is 11.9. The van der Waals surface area contributed by atoms with Gasteiger partial charge < -0.3 is 34.7 Å². The number of ether oxygens (including phenoxy) is 4. The van der Waals surface area contributed by atoms with Gasteiger partial charge in [0.1, 0.15) is 18.8 Å². The number of carboxylic acid groups (broad SMARTS) is 1. The molecule has 0 aliphatic carbocycles. The minimum Gasteiger partial charge on any atom is -0.480 e. The summed E-state index contributed by atoms with van der Waals surface area (Å²) in [5.41, 5.74) is -0.575. The molecule has 1 fully saturated rings. The molecule has 1 rings (SSSR count). The Labute approximate surface area is 199 Å². The van der Waals surface area contributed by atoms with E-state index in [1.807, 2.05) is 0 Å². The summed E-state index contributed by atoms with van der Waals surface area (Å²) in [5, 5.41) is 15.2. The van der Waals surface area contributed by atoms with Crippen LogP contribution in [0.5, 0.6) is 0 Å². The van der Waals surface area contributed by atoms with Gasteiger partial charge >= 0.3 is 23.9 Å². The first-order valence-electron chi connectivity index (χ1n) is 11.0. The molecule has 0 aromatic rings. The monoisotopic (exact) mass is 488 g/mol. The number of carboxylic acids is 1. The summed E-state index contributed by atoms with van der Waals surface area (Å²) in [5.74, 6) is -3.42. The highest BCUT2D eigenvalue weighted by molar-refractivity contribution is 5.74. The van der Waals surface area contributed by atoms with Gasteiger partial charge in [-0.25, -0.2) is 0 Å².